The summed E-state index contributed by atoms with van der Waals surface area (Å²) in [4.78, 5) is 12.4. The number of hydrogen-bond donors (Lipinski definition) is 2. The fourth-order valence-electron chi connectivity index (χ4n) is 3.61. The van der Waals surface area contributed by atoms with Gasteiger partial charge in [-0.1, -0.05) is 19.3 Å². The van der Waals surface area contributed by atoms with Gasteiger partial charge >= 0.3 is 0 Å². The van der Waals surface area contributed by atoms with E-state index in [0.717, 1.165) is 31.4 Å². The summed E-state index contributed by atoms with van der Waals surface area (Å²) in [7, 11) is -1.87. The highest BCUT2D eigenvalue weighted by molar-refractivity contribution is 7.89. The van der Waals surface area contributed by atoms with E-state index in [1.165, 1.54) is 10.7 Å². The topological polar surface area (TPSA) is 91.7 Å². The van der Waals surface area contributed by atoms with Gasteiger partial charge in [-0.25, -0.2) is 8.42 Å². The van der Waals surface area contributed by atoms with E-state index in [1.807, 2.05) is 13.0 Å². The lowest BCUT2D eigenvalue weighted by Crippen LogP contribution is -2.38. The molecule has 0 bridgehead atoms. The van der Waals surface area contributed by atoms with E-state index in [2.05, 4.69) is 10.6 Å². The summed E-state index contributed by atoms with van der Waals surface area (Å²) in [5.74, 6) is 0.549. The average Bonchev–Trinajstić information content (AvgIpc) is 3.27. The molecule has 1 atom stereocenters. The predicted octanol–water partition coefficient (Wildman–Crippen LogP) is 3.52. The molecule has 0 saturated heterocycles. The van der Waals surface area contributed by atoms with Gasteiger partial charge < -0.3 is 9.73 Å². The molecule has 2 aromatic rings. The zero-order chi connectivity index (χ0) is 20.9. The smallest absolute Gasteiger partial charge is 0.243 e. The quantitative estimate of drug-likeness (QED) is 0.683. The number of benzene rings is 1. The minimum Gasteiger partial charge on any atom is -0.468 e. The molecule has 0 unspecified atom stereocenters. The lowest BCUT2D eigenvalue weighted by Gasteiger charge is -2.30. The van der Waals surface area contributed by atoms with E-state index >= 15 is 0 Å². The van der Waals surface area contributed by atoms with Crippen molar-refractivity contribution in [2.24, 2.45) is 0 Å². The lowest BCUT2D eigenvalue weighted by atomic mass is 9.96. The number of carbonyl (C=O) groups excluding carboxylic acids is 1. The molecule has 29 heavy (non-hydrogen) atoms. The fourth-order valence-corrected chi connectivity index (χ4v) is 5.02. The van der Waals surface area contributed by atoms with E-state index in [1.54, 1.807) is 43.6 Å². The van der Waals surface area contributed by atoms with Crippen molar-refractivity contribution in [3.05, 3.63) is 48.4 Å². The summed E-state index contributed by atoms with van der Waals surface area (Å²) in [6.45, 7) is 2.03. The van der Waals surface area contributed by atoms with Crippen LogP contribution in [0.1, 0.15) is 50.8 Å². The maximum atomic E-state index is 12.9. The first-order valence-corrected chi connectivity index (χ1v) is 11.5. The van der Waals surface area contributed by atoms with Crippen LogP contribution in [0.4, 0.5) is 5.69 Å². The van der Waals surface area contributed by atoms with Crippen LogP contribution in [-0.2, 0) is 14.8 Å². The Kier molecular flexibility index (Phi) is 7.10. The zero-order valence-electron chi connectivity index (χ0n) is 16.9. The molecule has 1 amide bonds. The molecule has 2 N–H and O–H groups in total. The molecule has 0 radical (unpaired) electrons. The summed E-state index contributed by atoms with van der Waals surface area (Å²) in [5.41, 5.74) is 0.557. The van der Waals surface area contributed by atoms with Crippen LogP contribution in [0.2, 0.25) is 0 Å². The van der Waals surface area contributed by atoms with Crippen LogP contribution in [-0.4, -0.2) is 38.3 Å². The summed E-state index contributed by atoms with van der Waals surface area (Å²) in [6, 6.07) is 9.96. The third-order valence-electron chi connectivity index (χ3n) is 5.44. The van der Waals surface area contributed by atoms with Crippen molar-refractivity contribution >= 4 is 21.6 Å². The van der Waals surface area contributed by atoms with Gasteiger partial charge in [0.15, 0.2) is 0 Å². The third-order valence-corrected chi connectivity index (χ3v) is 7.37. The Hall–Kier alpha value is -2.16. The highest BCUT2D eigenvalue weighted by Crippen LogP contribution is 2.27. The standard InChI is InChI=1S/C21H29N3O4S/c1-16(20-9-6-14-28-20)22-15-21(25)23-17-10-12-19(13-11-17)29(26,27)24(2)18-7-4-3-5-8-18/h6,9-14,16,18,22H,3-5,7-8,15H2,1-2H3,(H,23,25)/t16-/m1/s1. The van der Waals surface area contributed by atoms with Crippen LogP contribution in [0.3, 0.4) is 0 Å². The molecular formula is C21H29N3O4S. The summed E-state index contributed by atoms with van der Waals surface area (Å²) >= 11 is 0. The summed E-state index contributed by atoms with van der Waals surface area (Å²) < 4.78 is 32.5. The molecule has 1 aromatic carbocycles. The van der Waals surface area contributed by atoms with Crippen molar-refractivity contribution in [2.75, 3.05) is 18.9 Å². The first-order valence-electron chi connectivity index (χ1n) is 10.0. The van der Waals surface area contributed by atoms with Gasteiger partial charge in [-0.05, 0) is 56.2 Å². The fraction of sp³-hybridized carbons (Fsp3) is 0.476. The minimum atomic E-state index is -3.53. The molecular weight excluding hydrogens is 390 g/mol. The van der Waals surface area contributed by atoms with Crippen molar-refractivity contribution in [1.29, 1.82) is 0 Å². The second-order valence-electron chi connectivity index (χ2n) is 7.50. The Labute approximate surface area is 172 Å². The second-order valence-corrected chi connectivity index (χ2v) is 9.50. The van der Waals surface area contributed by atoms with Gasteiger partial charge in [0.05, 0.1) is 23.7 Å². The number of carbonyl (C=O) groups is 1. The highest BCUT2D eigenvalue weighted by atomic mass is 32.2. The SMILES string of the molecule is C[C@@H](NCC(=O)Nc1ccc(S(=O)(=O)N(C)C2CCCCC2)cc1)c1ccco1. The van der Waals surface area contributed by atoms with Gasteiger partial charge in [0, 0.05) is 18.8 Å². The molecule has 1 heterocycles. The van der Waals surface area contributed by atoms with Gasteiger partial charge in [0.1, 0.15) is 5.76 Å². The van der Waals surface area contributed by atoms with Crippen molar-refractivity contribution in [3.8, 4) is 0 Å². The first-order chi connectivity index (χ1) is 13.9. The minimum absolute atomic E-state index is 0.0651. The number of anilines is 1. The normalized spacial score (nSPS) is 16.7. The van der Waals surface area contributed by atoms with E-state index < -0.39 is 10.0 Å². The molecule has 1 aromatic heterocycles. The molecule has 7 nitrogen and oxygen atoms in total. The van der Waals surface area contributed by atoms with Crippen molar-refractivity contribution < 1.29 is 17.6 Å². The number of sulfonamides is 1. The molecule has 3 rings (SSSR count). The van der Waals surface area contributed by atoms with Crippen LogP contribution in [0.15, 0.2) is 52.0 Å². The molecule has 8 heteroatoms. The Morgan fingerprint density at radius 2 is 1.86 bits per heavy atom. The number of furan rings is 1. The lowest BCUT2D eigenvalue weighted by molar-refractivity contribution is -0.115. The largest absolute Gasteiger partial charge is 0.468 e. The zero-order valence-corrected chi connectivity index (χ0v) is 17.7. The molecule has 1 aliphatic carbocycles. The summed E-state index contributed by atoms with van der Waals surface area (Å²) in [6.07, 6.45) is 6.73. The van der Waals surface area contributed by atoms with Crippen LogP contribution < -0.4 is 10.6 Å². The van der Waals surface area contributed by atoms with Gasteiger partial charge in [0.2, 0.25) is 15.9 Å². The Balaban J connectivity index is 1.55. The maximum Gasteiger partial charge on any atom is 0.243 e. The Morgan fingerprint density at radius 3 is 2.48 bits per heavy atom. The monoisotopic (exact) mass is 419 g/mol. The first kappa shape index (κ1) is 21.5. The number of rotatable bonds is 8. The van der Waals surface area contributed by atoms with E-state index in [4.69, 9.17) is 4.42 Å². The van der Waals surface area contributed by atoms with Crippen LogP contribution in [0.5, 0.6) is 0 Å². The van der Waals surface area contributed by atoms with Crippen LogP contribution >= 0.6 is 0 Å². The predicted molar refractivity (Wildman–Crippen MR) is 112 cm³/mol. The van der Waals surface area contributed by atoms with E-state index in [-0.39, 0.29) is 29.4 Å². The molecule has 158 valence electrons. The van der Waals surface area contributed by atoms with E-state index in [9.17, 15) is 13.2 Å². The number of amides is 1. The maximum absolute atomic E-state index is 12.9. The number of hydrogen-bond acceptors (Lipinski definition) is 5. The average molecular weight is 420 g/mol. The Bertz CT molecular complexity index is 889. The molecule has 1 saturated carbocycles. The van der Waals surface area contributed by atoms with Crippen molar-refractivity contribution in [1.82, 2.24) is 9.62 Å². The van der Waals surface area contributed by atoms with Gasteiger partial charge in [0.25, 0.3) is 0 Å². The Morgan fingerprint density at radius 1 is 1.17 bits per heavy atom. The van der Waals surface area contributed by atoms with Gasteiger partial charge in [-0.2, -0.15) is 4.31 Å². The van der Waals surface area contributed by atoms with Crippen LogP contribution in [0, 0.1) is 0 Å². The van der Waals surface area contributed by atoms with Crippen LogP contribution in [0.25, 0.3) is 0 Å². The second kappa shape index (κ2) is 9.56. The number of nitrogens with one attached hydrogen (secondary N) is 2. The molecule has 0 spiro atoms. The van der Waals surface area contributed by atoms with Crippen molar-refractivity contribution in [2.45, 2.75) is 56.0 Å². The summed E-state index contributed by atoms with van der Waals surface area (Å²) in [5, 5.41) is 5.86. The highest BCUT2D eigenvalue weighted by Gasteiger charge is 2.28. The van der Waals surface area contributed by atoms with Gasteiger partial charge in [-0.15, -0.1) is 0 Å². The molecule has 0 aliphatic heterocycles. The number of nitrogens with zero attached hydrogens (tertiary/aromatic N) is 1. The van der Waals surface area contributed by atoms with E-state index in [0.29, 0.717) is 5.69 Å². The molecule has 1 fully saturated rings. The van der Waals surface area contributed by atoms with Gasteiger partial charge in [-0.3, -0.25) is 10.1 Å². The van der Waals surface area contributed by atoms with Crippen molar-refractivity contribution in [3.63, 3.8) is 0 Å². The molecule has 1 aliphatic rings. The third kappa shape index (κ3) is 5.46.